The zero-order valence-corrected chi connectivity index (χ0v) is 23.0. The van der Waals surface area contributed by atoms with Crippen LogP contribution in [0.2, 0.25) is 0 Å². The minimum Gasteiger partial charge on any atom is -0.392 e. The van der Waals surface area contributed by atoms with Gasteiger partial charge in [0.1, 0.15) is 0 Å². The van der Waals surface area contributed by atoms with Crippen LogP contribution in [0.1, 0.15) is 118 Å². The van der Waals surface area contributed by atoms with E-state index in [1.54, 1.807) is 5.57 Å². The molecule has 0 aliphatic heterocycles. The Labute approximate surface area is 211 Å². The molecule has 3 rings (SSSR count). The second-order valence-corrected chi connectivity index (χ2v) is 12.7. The normalized spacial score (nSPS) is 37.5. The van der Waals surface area contributed by atoms with Crippen molar-refractivity contribution in [1.82, 2.24) is 0 Å². The maximum absolute atomic E-state index is 10.9. The Bertz CT molecular complexity index is 731. The molecule has 0 spiro atoms. The van der Waals surface area contributed by atoms with E-state index in [1.807, 2.05) is 0 Å². The predicted octanol–water partition coefficient (Wildman–Crippen LogP) is 8.40. The van der Waals surface area contributed by atoms with Gasteiger partial charge >= 0.3 is 0 Å². The molecule has 0 radical (unpaired) electrons. The summed E-state index contributed by atoms with van der Waals surface area (Å²) in [7, 11) is 0. The largest absolute Gasteiger partial charge is 0.392 e. The Hall–Kier alpha value is -0.860. The zero-order chi connectivity index (χ0) is 24.9. The third-order valence-corrected chi connectivity index (χ3v) is 9.90. The molecule has 2 heteroatoms. The van der Waals surface area contributed by atoms with Crippen LogP contribution in [-0.4, -0.2) is 22.4 Å². The van der Waals surface area contributed by atoms with E-state index in [4.69, 9.17) is 0 Å². The zero-order valence-electron chi connectivity index (χ0n) is 23.0. The average Bonchev–Trinajstić information content (AvgIpc) is 3.15. The van der Waals surface area contributed by atoms with Gasteiger partial charge in [0.15, 0.2) is 0 Å². The van der Waals surface area contributed by atoms with Gasteiger partial charge in [-0.05, 0) is 85.2 Å². The molecule has 3 aliphatic carbocycles. The highest BCUT2D eigenvalue weighted by Gasteiger charge is 2.50. The Morgan fingerprint density at radius 2 is 1.82 bits per heavy atom. The van der Waals surface area contributed by atoms with Crippen molar-refractivity contribution in [2.24, 2.45) is 35.0 Å². The molecule has 0 saturated heterocycles. The molecule has 0 aromatic carbocycles. The molecule has 7 atom stereocenters. The number of aliphatic hydroxyl groups excluding tert-OH is 2. The molecule has 3 fully saturated rings. The summed E-state index contributed by atoms with van der Waals surface area (Å²) in [5, 5.41) is 21.7. The van der Waals surface area contributed by atoms with Gasteiger partial charge in [-0.2, -0.15) is 0 Å². The molecule has 194 valence electrons. The average molecular weight is 471 g/mol. The van der Waals surface area contributed by atoms with Crippen LogP contribution < -0.4 is 0 Å². The number of allylic oxidation sites excluding steroid dienone is 3. The molecular formula is C32H54O2. The summed E-state index contributed by atoms with van der Waals surface area (Å²) in [5.74, 6) is 3.12. The van der Waals surface area contributed by atoms with E-state index < -0.39 is 12.2 Å². The number of unbranched alkanes of at least 4 members (excludes halogenated alkanes) is 2. The molecular weight excluding hydrogens is 416 g/mol. The van der Waals surface area contributed by atoms with Crippen LogP contribution in [0.4, 0.5) is 0 Å². The number of hydrogen-bond donors (Lipinski definition) is 2. The van der Waals surface area contributed by atoms with Crippen LogP contribution in [0.25, 0.3) is 0 Å². The van der Waals surface area contributed by atoms with Crippen LogP contribution in [0.5, 0.6) is 0 Å². The fourth-order valence-corrected chi connectivity index (χ4v) is 7.79. The van der Waals surface area contributed by atoms with Crippen molar-refractivity contribution in [3.63, 3.8) is 0 Å². The van der Waals surface area contributed by atoms with E-state index in [9.17, 15) is 10.2 Å². The molecule has 0 bridgehead atoms. The smallest absolute Gasteiger partial charge is 0.0839 e. The molecule has 3 aliphatic rings. The fourth-order valence-electron chi connectivity index (χ4n) is 7.79. The summed E-state index contributed by atoms with van der Waals surface area (Å²) in [4.78, 5) is 0. The van der Waals surface area contributed by atoms with Crippen molar-refractivity contribution in [3.05, 3.63) is 35.5 Å². The summed E-state index contributed by atoms with van der Waals surface area (Å²) in [5.41, 5.74) is 3.95. The van der Waals surface area contributed by atoms with Crippen molar-refractivity contribution in [2.45, 2.75) is 130 Å². The summed E-state index contributed by atoms with van der Waals surface area (Å²) >= 11 is 0. The minimum absolute atomic E-state index is 0.0606. The van der Waals surface area contributed by atoms with Crippen LogP contribution in [0.15, 0.2) is 35.5 Å². The first-order valence-corrected chi connectivity index (χ1v) is 14.6. The van der Waals surface area contributed by atoms with E-state index in [1.165, 1.54) is 51.4 Å². The maximum Gasteiger partial charge on any atom is 0.0839 e. The highest BCUT2D eigenvalue weighted by atomic mass is 16.3. The van der Waals surface area contributed by atoms with Gasteiger partial charge < -0.3 is 10.2 Å². The molecule has 0 unspecified atom stereocenters. The highest BCUT2D eigenvalue weighted by Crippen LogP contribution is 2.60. The number of hydrogen-bond acceptors (Lipinski definition) is 2. The molecule has 34 heavy (non-hydrogen) atoms. The van der Waals surface area contributed by atoms with Gasteiger partial charge in [-0.3, -0.25) is 0 Å². The Balaban J connectivity index is 1.68. The van der Waals surface area contributed by atoms with E-state index in [2.05, 4.69) is 53.3 Å². The first kappa shape index (κ1) is 27.7. The van der Waals surface area contributed by atoms with E-state index in [-0.39, 0.29) is 5.92 Å². The number of fused-ring (bicyclic) bond motifs is 1. The lowest BCUT2D eigenvalue weighted by Gasteiger charge is -2.44. The predicted molar refractivity (Wildman–Crippen MR) is 146 cm³/mol. The van der Waals surface area contributed by atoms with Crippen molar-refractivity contribution >= 4 is 0 Å². The Morgan fingerprint density at radius 1 is 1.06 bits per heavy atom. The molecule has 0 amide bonds. The van der Waals surface area contributed by atoms with Gasteiger partial charge in [0, 0.05) is 5.92 Å². The van der Waals surface area contributed by atoms with Crippen molar-refractivity contribution in [3.8, 4) is 0 Å². The molecule has 2 nitrogen and oxygen atoms in total. The topological polar surface area (TPSA) is 40.5 Å². The fraction of sp³-hybridized carbons (Fsp3) is 0.812. The van der Waals surface area contributed by atoms with Gasteiger partial charge in [-0.1, -0.05) is 97.4 Å². The number of aliphatic hydroxyl groups is 2. The minimum atomic E-state index is -0.607. The van der Waals surface area contributed by atoms with Crippen LogP contribution in [0, 0.1) is 35.0 Å². The first-order valence-electron chi connectivity index (χ1n) is 14.6. The van der Waals surface area contributed by atoms with E-state index in [0.29, 0.717) is 17.8 Å². The Morgan fingerprint density at radius 3 is 2.53 bits per heavy atom. The van der Waals surface area contributed by atoms with E-state index in [0.717, 1.165) is 54.6 Å². The monoisotopic (exact) mass is 470 g/mol. The lowest BCUT2D eigenvalue weighted by atomic mass is 9.60. The van der Waals surface area contributed by atoms with Crippen LogP contribution >= 0.6 is 0 Å². The summed E-state index contributed by atoms with van der Waals surface area (Å²) in [6.45, 7) is 16.2. The molecule has 0 aromatic rings. The second-order valence-electron chi connectivity index (χ2n) is 12.7. The van der Waals surface area contributed by atoms with Crippen molar-refractivity contribution < 1.29 is 10.2 Å². The van der Waals surface area contributed by atoms with Crippen molar-refractivity contribution in [2.75, 3.05) is 0 Å². The number of rotatable bonds is 10. The summed E-state index contributed by atoms with van der Waals surface area (Å²) in [6.07, 6.45) is 19.1. The SMILES string of the molecule is C=C1C(=CC=C2CCC[C@]3(C)[C@@H]([C@H](C)CCCC(C)C)CC[C@@H]23)C[C@@H](O)[C@@H](CCCCC)[C@@H]1O. The maximum atomic E-state index is 10.9. The van der Waals surface area contributed by atoms with Gasteiger partial charge in [0.25, 0.3) is 0 Å². The Kier molecular flexibility index (Phi) is 10.1. The third-order valence-electron chi connectivity index (χ3n) is 9.90. The summed E-state index contributed by atoms with van der Waals surface area (Å²) in [6, 6.07) is 0. The quantitative estimate of drug-likeness (QED) is 0.315. The molecule has 0 heterocycles. The van der Waals surface area contributed by atoms with Crippen LogP contribution in [-0.2, 0) is 0 Å². The molecule has 0 aromatic heterocycles. The van der Waals surface area contributed by atoms with Gasteiger partial charge in [-0.15, -0.1) is 0 Å². The first-order chi connectivity index (χ1) is 16.2. The van der Waals surface area contributed by atoms with Crippen LogP contribution in [0.3, 0.4) is 0 Å². The molecule has 3 saturated carbocycles. The van der Waals surface area contributed by atoms with Crippen molar-refractivity contribution in [1.29, 1.82) is 0 Å². The van der Waals surface area contributed by atoms with Gasteiger partial charge in [0.2, 0.25) is 0 Å². The molecule has 2 N–H and O–H groups in total. The standard InChI is InChI=1S/C32H54O2/c1-7-8-9-15-27-30(33)21-26(24(5)31(27)34)17-16-25-14-11-20-32(6)28(18-19-29(25)32)23(4)13-10-12-22(2)3/h16-17,22-23,27-31,33-34H,5,7-15,18-21H2,1-4,6H3/t23-,27-,28-,29+,30-,31-,32-/m1/s1. The van der Waals surface area contributed by atoms with Gasteiger partial charge in [0.05, 0.1) is 12.2 Å². The summed E-state index contributed by atoms with van der Waals surface area (Å²) < 4.78 is 0. The van der Waals surface area contributed by atoms with E-state index >= 15 is 0 Å². The third kappa shape index (κ3) is 6.28. The lowest BCUT2D eigenvalue weighted by Crippen LogP contribution is -2.38. The van der Waals surface area contributed by atoms with Gasteiger partial charge in [-0.25, -0.2) is 0 Å². The second kappa shape index (κ2) is 12.4. The highest BCUT2D eigenvalue weighted by molar-refractivity contribution is 5.39. The lowest BCUT2D eigenvalue weighted by molar-refractivity contribution is 0.0129.